The van der Waals surface area contributed by atoms with E-state index in [-0.39, 0.29) is 6.04 Å². The van der Waals surface area contributed by atoms with Crippen LogP contribution in [0.3, 0.4) is 0 Å². The van der Waals surface area contributed by atoms with Crippen LogP contribution in [0.1, 0.15) is 29.8 Å². The molecule has 0 spiro atoms. The van der Waals surface area contributed by atoms with Crippen LogP contribution in [0.5, 0.6) is 0 Å². The van der Waals surface area contributed by atoms with Crippen molar-refractivity contribution in [1.82, 2.24) is 19.6 Å². The van der Waals surface area contributed by atoms with Crippen molar-refractivity contribution in [2.45, 2.75) is 26.4 Å². The SMILES string of the molecule is CCn1cc(C(N)c2cn(C)nc2C)cn1. The number of aromatic nitrogens is 4. The lowest BCUT2D eigenvalue weighted by Crippen LogP contribution is -2.11. The maximum atomic E-state index is 6.19. The molecule has 0 aliphatic carbocycles. The third-order valence-electron chi connectivity index (χ3n) is 2.72. The van der Waals surface area contributed by atoms with Crippen molar-refractivity contribution in [3.8, 4) is 0 Å². The second-order valence-corrected chi connectivity index (χ2v) is 3.95. The summed E-state index contributed by atoms with van der Waals surface area (Å²) in [5.41, 5.74) is 9.24. The molecule has 2 aromatic rings. The van der Waals surface area contributed by atoms with E-state index >= 15 is 0 Å². The number of nitrogens with two attached hydrogens (primary N) is 1. The van der Waals surface area contributed by atoms with Gasteiger partial charge in [0.05, 0.1) is 17.9 Å². The molecule has 2 aromatic heterocycles. The molecule has 86 valence electrons. The molecular formula is C11H17N5. The minimum atomic E-state index is -0.144. The van der Waals surface area contributed by atoms with Gasteiger partial charge in [-0.3, -0.25) is 9.36 Å². The van der Waals surface area contributed by atoms with Gasteiger partial charge in [-0.1, -0.05) is 0 Å². The van der Waals surface area contributed by atoms with E-state index in [1.807, 2.05) is 37.2 Å². The largest absolute Gasteiger partial charge is 0.320 e. The van der Waals surface area contributed by atoms with Crippen molar-refractivity contribution >= 4 is 0 Å². The fraction of sp³-hybridized carbons (Fsp3) is 0.455. The third kappa shape index (κ3) is 1.86. The topological polar surface area (TPSA) is 61.7 Å². The van der Waals surface area contributed by atoms with Gasteiger partial charge in [-0.05, 0) is 13.8 Å². The van der Waals surface area contributed by atoms with E-state index in [9.17, 15) is 0 Å². The molecule has 0 amide bonds. The van der Waals surface area contributed by atoms with Gasteiger partial charge in [0, 0.05) is 37.1 Å². The van der Waals surface area contributed by atoms with Gasteiger partial charge in [0.25, 0.3) is 0 Å². The Morgan fingerprint density at radius 2 is 2.19 bits per heavy atom. The van der Waals surface area contributed by atoms with Crippen LogP contribution in [0.25, 0.3) is 0 Å². The molecule has 0 bridgehead atoms. The van der Waals surface area contributed by atoms with E-state index in [1.165, 1.54) is 0 Å². The summed E-state index contributed by atoms with van der Waals surface area (Å²) < 4.78 is 3.66. The molecule has 0 aromatic carbocycles. The highest BCUT2D eigenvalue weighted by Gasteiger charge is 2.15. The Balaban J connectivity index is 2.31. The van der Waals surface area contributed by atoms with Crippen molar-refractivity contribution < 1.29 is 0 Å². The Morgan fingerprint density at radius 1 is 1.44 bits per heavy atom. The maximum absolute atomic E-state index is 6.19. The van der Waals surface area contributed by atoms with Gasteiger partial charge in [-0.25, -0.2) is 0 Å². The Labute approximate surface area is 94.9 Å². The first kappa shape index (κ1) is 10.9. The van der Waals surface area contributed by atoms with E-state index in [1.54, 1.807) is 4.68 Å². The Morgan fingerprint density at radius 3 is 2.69 bits per heavy atom. The van der Waals surface area contributed by atoms with Gasteiger partial charge in [-0.2, -0.15) is 10.2 Å². The molecule has 2 heterocycles. The van der Waals surface area contributed by atoms with Crippen molar-refractivity contribution in [2.75, 3.05) is 0 Å². The first-order chi connectivity index (χ1) is 7.61. The highest BCUT2D eigenvalue weighted by atomic mass is 15.3. The predicted octanol–water partition coefficient (Wildman–Crippen LogP) is 0.993. The molecule has 5 heteroatoms. The van der Waals surface area contributed by atoms with E-state index < -0.39 is 0 Å². The quantitative estimate of drug-likeness (QED) is 0.837. The van der Waals surface area contributed by atoms with E-state index in [0.29, 0.717) is 0 Å². The normalized spacial score (nSPS) is 13.0. The highest BCUT2D eigenvalue weighted by molar-refractivity contribution is 5.29. The van der Waals surface area contributed by atoms with E-state index in [2.05, 4.69) is 17.1 Å². The van der Waals surface area contributed by atoms with Crippen molar-refractivity contribution in [2.24, 2.45) is 12.8 Å². The second kappa shape index (κ2) is 4.09. The van der Waals surface area contributed by atoms with Gasteiger partial charge in [0.1, 0.15) is 0 Å². The van der Waals surface area contributed by atoms with E-state index in [0.717, 1.165) is 23.4 Å². The van der Waals surface area contributed by atoms with Crippen LogP contribution in [0.2, 0.25) is 0 Å². The zero-order valence-corrected chi connectivity index (χ0v) is 9.88. The summed E-state index contributed by atoms with van der Waals surface area (Å²) in [6.07, 6.45) is 5.76. The van der Waals surface area contributed by atoms with Gasteiger partial charge in [0.2, 0.25) is 0 Å². The summed E-state index contributed by atoms with van der Waals surface area (Å²) in [5, 5.41) is 8.52. The van der Waals surface area contributed by atoms with Crippen LogP contribution in [0.15, 0.2) is 18.6 Å². The van der Waals surface area contributed by atoms with Crippen LogP contribution >= 0.6 is 0 Å². The van der Waals surface area contributed by atoms with Crippen LogP contribution < -0.4 is 5.73 Å². The predicted molar refractivity (Wildman–Crippen MR) is 61.9 cm³/mol. The molecule has 0 aliphatic rings. The number of aryl methyl sites for hydroxylation is 3. The smallest absolute Gasteiger partial charge is 0.0644 e. The summed E-state index contributed by atoms with van der Waals surface area (Å²) in [5.74, 6) is 0. The van der Waals surface area contributed by atoms with Crippen molar-refractivity contribution in [3.05, 3.63) is 35.4 Å². The van der Waals surface area contributed by atoms with E-state index in [4.69, 9.17) is 5.73 Å². The first-order valence-electron chi connectivity index (χ1n) is 5.40. The van der Waals surface area contributed by atoms with Gasteiger partial charge >= 0.3 is 0 Å². The van der Waals surface area contributed by atoms with Crippen molar-refractivity contribution in [3.63, 3.8) is 0 Å². The Hall–Kier alpha value is -1.62. The average molecular weight is 219 g/mol. The maximum Gasteiger partial charge on any atom is 0.0644 e. The summed E-state index contributed by atoms with van der Waals surface area (Å²) in [6.45, 7) is 4.88. The second-order valence-electron chi connectivity index (χ2n) is 3.95. The van der Waals surface area contributed by atoms with Gasteiger partial charge < -0.3 is 5.73 Å². The minimum absolute atomic E-state index is 0.144. The third-order valence-corrected chi connectivity index (χ3v) is 2.72. The lowest BCUT2D eigenvalue weighted by molar-refractivity contribution is 0.658. The molecule has 2 N–H and O–H groups in total. The zero-order chi connectivity index (χ0) is 11.7. The zero-order valence-electron chi connectivity index (χ0n) is 9.88. The molecule has 0 fully saturated rings. The van der Waals surface area contributed by atoms with Crippen LogP contribution in [0.4, 0.5) is 0 Å². The standard InChI is InChI=1S/C11H17N5/c1-4-16-6-9(5-13-16)11(12)10-7-15(3)14-8(10)2/h5-7,11H,4,12H2,1-3H3. The van der Waals surface area contributed by atoms with Crippen molar-refractivity contribution in [1.29, 1.82) is 0 Å². The molecule has 0 saturated heterocycles. The molecule has 1 atom stereocenters. The summed E-state index contributed by atoms with van der Waals surface area (Å²) >= 11 is 0. The lowest BCUT2D eigenvalue weighted by Gasteiger charge is -2.07. The molecule has 1 unspecified atom stereocenters. The first-order valence-corrected chi connectivity index (χ1v) is 5.40. The molecular weight excluding hydrogens is 202 g/mol. The fourth-order valence-electron chi connectivity index (χ4n) is 1.82. The molecule has 0 radical (unpaired) electrons. The monoisotopic (exact) mass is 219 g/mol. The number of rotatable bonds is 3. The van der Waals surface area contributed by atoms with Crippen LogP contribution in [-0.4, -0.2) is 19.6 Å². The Bertz CT molecular complexity index is 482. The molecule has 16 heavy (non-hydrogen) atoms. The number of hydrogen-bond donors (Lipinski definition) is 1. The lowest BCUT2D eigenvalue weighted by atomic mass is 10.0. The van der Waals surface area contributed by atoms with Gasteiger partial charge in [0.15, 0.2) is 0 Å². The fourth-order valence-corrected chi connectivity index (χ4v) is 1.82. The number of hydrogen-bond acceptors (Lipinski definition) is 3. The molecule has 0 saturated carbocycles. The van der Waals surface area contributed by atoms with Crippen LogP contribution in [0, 0.1) is 6.92 Å². The average Bonchev–Trinajstić information content (AvgIpc) is 2.84. The Kier molecular flexibility index (Phi) is 2.78. The molecule has 0 aliphatic heterocycles. The summed E-state index contributed by atoms with van der Waals surface area (Å²) in [7, 11) is 1.90. The summed E-state index contributed by atoms with van der Waals surface area (Å²) in [4.78, 5) is 0. The highest BCUT2D eigenvalue weighted by Crippen LogP contribution is 2.21. The van der Waals surface area contributed by atoms with Gasteiger partial charge in [-0.15, -0.1) is 0 Å². The molecule has 2 rings (SSSR count). The van der Waals surface area contributed by atoms with Crippen LogP contribution in [-0.2, 0) is 13.6 Å². The molecule has 5 nitrogen and oxygen atoms in total. The summed E-state index contributed by atoms with van der Waals surface area (Å²) in [6, 6.07) is -0.144. The number of nitrogens with zero attached hydrogens (tertiary/aromatic N) is 4. The minimum Gasteiger partial charge on any atom is -0.320 e.